The van der Waals surface area contributed by atoms with Crippen LogP contribution in [0.2, 0.25) is 0 Å². The molecule has 0 aliphatic carbocycles. The molecule has 0 saturated heterocycles. The summed E-state index contributed by atoms with van der Waals surface area (Å²) in [5.41, 5.74) is 0. The van der Waals surface area contributed by atoms with E-state index in [0.717, 1.165) is 6.42 Å². The summed E-state index contributed by atoms with van der Waals surface area (Å²) in [7, 11) is 0. The lowest BCUT2D eigenvalue weighted by Gasteiger charge is -2.15. The van der Waals surface area contributed by atoms with Crippen molar-refractivity contribution in [3.63, 3.8) is 0 Å². The van der Waals surface area contributed by atoms with Crippen molar-refractivity contribution in [2.45, 2.75) is 103 Å². The van der Waals surface area contributed by atoms with Crippen molar-refractivity contribution >= 4 is 12.3 Å². The van der Waals surface area contributed by atoms with E-state index in [2.05, 4.69) is 18.8 Å². The minimum atomic E-state index is -0.312. The van der Waals surface area contributed by atoms with Crippen molar-refractivity contribution < 1.29 is 9.53 Å². The number of rotatable bonds is 14. The number of unbranched alkanes of at least 4 members (excludes halogenated alkanes) is 11. The SMILES string of the molecule is CCCCCCCCCCCCCCC(C)C1OC=NC1=O. The number of aliphatic imine (C=N–C) groups is 1. The number of nitrogens with zero attached hydrogens (tertiary/aromatic N) is 1. The smallest absolute Gasteiger partial charge is 0.289 e. The molecule has 3 nitrogen and oxygen atoms in total. The van der Waals surface area contributed by atoms with E-state index in [4.69, 9.17) is 4.74 Å². The van der Waals surface area contributed by atoms with Gasteiger partial charge in [0.1, 0.15) is 0 Å². The second-order valence-electron chi connectivity index (χ2n) is 6.78. The Kier molecular flexibility index (Phi) is 11.0. The van der Waals surface area contributed by atoms with Crippen LogP contribution in [-0.2, 0) is 9.53 Å². The van der Waals surface area contributed by atoms with Crippen LogP contribution < -0.4 is 0 Å². The fourth-order valence-corrected chi connectivity index (χ4v) is 3.12. The molecular weight excluding hydrogens is 274 g/mol. The average Bonchev–Trinajstić information content (AvgIpc) is 2.94. The Labute approximate surface area is 136 Å². The van der Waals surface area contributed by atoms with E-state index >= 15 is 0 Å². The van der Waals surface area contributed by atoms with Gasteiger partial charge in [0.15, 0.2) is 12.5 Å². The van der Waals surface area contributed by atoms with Gasteiger partial charge in [-0.05, 0) is 6.42 Å². The van der Waals surface area contributed by atoms with Crippen LogP contribution in [0, 0.1) is 5.92 Å². The number of ether oxygens (including phenoxy) is 1. The van der Waals surface area contributed by atoms with E-state index in [-0.39, 0.29) is 17.9 Å². The Bertz CT molecular complexity index is 315. The predicted octanol–water partition coefficient (Wildman–Crippen LogP) is 5.67. The lowest BCUT2D eigenvalue weighted by atomic mass is 9.96. The average molecular weight is 309 g/mol. The molecule has 1 aliphatic heterocycles. The van der Waals surface area contributed by atoms with Crippen molar-refractivity contribution in [1.82, 2.24) is 0 Å². The van der Waals surface area contributed by atoms with E-state index < -0.39 is 0 Å². The Morgan fingerprint density at radius 3 is 1.91 bits per heavy atom. The van der Waals surface area contributed by atoms with Crippen LogP contribution in [0.25, 0.3) is 0 Å². The van der Waals surface area contributed by atoms with Crippen molar-refractivity contribution in [3.8, 4) is 0 Å². The summed E-state index contributed by atoms with van der Waals surface area (Å²) in [4.78, 5) is 15.1. The van der Waals surface area contributed by atoms with E-state index in [1.165, 1.54) is 83.5 Å². The highest BCUT2D eigenvalue weighted by Crippen LogP contribution is 2.20. The highest BCUT2D eigenvalue weighted by atomic mass is 16.5. The largest absolute Gasteiger partial charge is 0.470 e. The molecule has 1 amide bonds. The Balaban J connectivity index is 1.81. The molecule has 2 atom stereocenters. The molecule has 0 aromatic carbocycles. The van der Waals surface area contributed by atoms with Gasteiger partial charge in [-0.15, -0.1) is 0 Å². The van der Waals surface area contributed by atoms with Gasteiger partial charge in [-0.1, -0.05) is 90.9 Å². The highest BCUT2D eigenvalue weighted by molar-refractivity contribution is 5.91. The van der Waals surface area contributed by atoms with Gasteiger partial charge in [0.2, 0.25) is 0 Å². The van der Waals surface area contributed by atoms with Crippen LogP contribution in [0.4, 0.5) is 0 Å². The van der Waals surface area contributed by atoms with Crippen LogP contribution in [0.1, 0.15) is 97.3 Å². The zero-order valence-corrected chi connectivity index (χ0v) is 14.7. The van der Waals surface area contributed by atoms with E-state index in [0.29, 0.717) is 0 Å². The normalized spacial score (nSPS) is 18.6. The molecule has 0 spiro atoms. The lowest BCUT2D eigenvalue weighted by molar-refractivity contribution is -0.124. The van der Waals surface area contributed by atoms with Gasteiger partial charge in [-0.3, -0.25) is 4.79 Å². The summed E-state index contributed by atoms with van der Waals surface area (Å²) in [5, 5.41) is 0. The zero-order chi connectivity index (χ0) is 16.0. The maximum absolute atomic E-state index is 11.4. The fraction of sp³-hybridized carbons (Fsp3) is 0.895. The molecule has 1 aliphatic rings. The van der Waals surface area contributed by atoms with Gasteiger partial charge in [-0.2, -0.15) is 4.99 Å². The van der Waals surface area contributed by atoms with Crippen LogP contribution in [0.15, 0.2) is 4.99 Å². The van der Waals surface area contributed by atoms with Gasteiger partial charge >= 0.3 is 0 Å². The van der Waals surface area contributed by atoms with Crippen molar-refractivity contribution in [2.75, 3.05) is 0 Å². The Hall–Kier alpha value is -0.860. The van der Waals surface area contributed by atoms with Gasteiger partial charge < -0.3 is 4.74 Å². The molecule has 2 unspecified atom stereocenters. The minimum Gasteiger partial charge on any atom is -0.470 e. The highest BCUT2D eigenvalue weighted by Gasteiger charge is 2.28. The van der Waals surface area contributed by atoms with E-state index in [1.54, 1.807) is 0 Å². The molecule has 0 aromatic heterocycles. The third-order valence-corrected chi connectivity index (χ3v) is 4.66. The van der Waals surface area contributed by atoms with E-state index in [9.17, 15) is 4.79 Å². The maximum Gasteiger partial charge on any atom is 0.289 e. The van der Waals surface area contributed by atoms with Crippen molar-refractivity contribution in [1.29, 1.82) is 0 Å². The molecule has 0 N–H and O–H groups in total. The molecule has 0 fully saturated rings. The van der Waals surface area contributed by atoms with Gasteiger partial charge in [0.05, 0.1) is 0 Å². The summed E-state index contributed by atoms with van der Waals surface area (Å²) in [6.45, 7) is 4.36. The molecular formula is C19H35NO2. The second kappa shape index (κ2) is 12.7. The monoisotopic (exact) mass is 309 g/mol. The summed E-state index contributed by atoms with van der Waals surface area (Å²) < 4.78 is 5.24. The number of hydrogen-bond donors (Lipinski definition) is 0. The molecule has 0 saturated carbocycles. The van der Waals surface area contributed by atoms with Gasteiger partial charge in [0.25, 0.3) is 5.91 Å². The molecule has 0 radical (unpaired) electrons. The third kappa shape index (κ3) is 8.55. The molecule has 0 bridgehead atoms. The third-order valence-electron chi connectivity index (χ3n) is 4.66. The lowest BCUT2D eigenvalue weighted by Crippen LogP contribution is -2.24. The van der Waals surface area contributed by atoms with Crippen LogP contribution >= 0.6 is 0 Å². The predicted molar refractivity (Wildman–Crippen MR) is 93.2 cm³/mol. The van der Waals surface area contributed by atoms with Gasteiger partial charge in [-0.25, -0.2) is 0 Å². The zero-order valence-electron chi connectivity index (χ0n) is 14.7. The van der Waals surface area contributed by atoms with Crippen LogP contribution in [0.3, 0.4) is 0 Å². The quantitative estimate of drug-likeness (QED) is 0.388. The Morgan fingerprint density at radius 1 is 0.955 bits per heavy atom. The minimum absolute atomic E-state index is 0.105. The number of hydrogen-bond acceptors (Lipinski definition) is 2. The fourth-order valence-electron chi connectivity index (χ4n) is 3.12. The maximum atomic E-state index is 11.4. The first kappa shape index (κ1) is 19.2. The first-order valence-corrected chi connectivity index (χ1v) is 9.47. The summed E-state index contributed by atoms with van der Waals surface area (Å²) in [6.07, 6.45) is 18.5. The Morgan fingerprint density at radius 2 is 1.45 bits per heavy atom. The summed E-state index contributed by atoms with van der Waals surface area (Å²) >= 11 is 0. The molecule has 3 heteroatoms. The number of amides is 1. The second-order valence-corrected chi connectivity index (χ2v) is 6.78. The van der Waals surface area contributed by atoms with Crippen molar-refractivity contribution in [3.05, 3.63) is 0 Å². The van der Waals surface area contributed by atoms with Crippen LogP contribution in [0.5, 0.6) is 0 Å². The first-order valence-electron chi connectivity index (χ1n) is 9.47. The molecule has 22 heavy (non-hydrogen) atoms. The molecule has 1 rings (SSSR count). The standard InChI is InChI=1S/C19H35NO2/c1-3-4-5-6-7-8-9-10-11-12-13-14-15-17(2)18-19(21)20-16-22-18/h16-18H,3-15H2,1-2H3. The molecule has 128 valence electrons. The molecule has 0 aromatic rings. The van der Waals surface area contributed by atoms with Crippen LogP contribution in [-0.4, -0.2) is 18.4 Å². The number of carbonyl (C=O) groups is 1. The first-order chi connectivity index (χ1) is 10.8. The summed E-state index contributed by atoms with van der Waals surface area (Å²) in [6, 6.07) is 0. The summed E-state index contributed by atoms with van der Waals surface area (Å²) in [5.74, 6) is 0.185. The van der Waals surface area contributed by atoms with Gasteiger partial charge in [0, 0.05) is 5.92 Å². The van der Waals surface area contributed by atoms with Crippen molar-refractivity contribution in [2.24, 2.45) is 10.9 Å². The molecule has 1 heterocycles. The number of carbonyl (C=O) groups excluding carboxylic acids is 1. The topological polar surface area (TPSA) is 38.7 Å². The van der Waals surface area contributed by atoms with E-state index in [1.807, 2.05) is 0 Å².